The maximum absolute atomic E-state index is 11.5. The van der Waals surface area contributed by atoms with Crippen LogP contribution in [0.2, 0.25) is 0 Å². The molecule has 0 fully saturated rings. The van der Waals surface area contributed by atoms with Crippen LogP contribution in [0.5, 0.6) is 0 Å². The number of carbonyl (C=O) groups is 1. The first-order chi connectivity index (χ1) is 9.10. The number of esters is 1. The fourth-order valence-corrected chi connectivity index (χ4v) is 1.52. The summed E-state index contributed by atoms with van der Waals surface area (Å²) in [6.45, 7) is 3.42. The molecule has 1 N–H and O–H groups in total. The Balaban J connectivity index is 2.92. The van der Waals surface area contributed by atoms with Gasteiger partial charge in [-0.1, -0.05) is 36.4 Å². The van der Waals surface area contributed by atoms with Crippen molar-refractivity contribution in [1.82, 2.24) is 0 Å². The van der Waals surface area contributed by atoms with E-state index in [9.17, 15) is 9.90 Å². The van der Waals surface area contributed by atoms with Crippen LogP contribution in [0.3, 0.4) is 0 Å². The Labute approximate surface area is 111 Å². The van der Waals surface area contributed by atoms with Crippen LogP contribution in [0.15, 0.2) is 35.9 Å². The van der Waals surface area contributed by atoms with Gasteiger partial charge in [-0.2, -0.15) is 4.79 Å². The molecule has 1 unspecified atom stereocenters. The van der Waals surface area contributed by atoms with Crippen LogP contribution in [-0.2, 0) is 9.53 Å². The number of aliphatic hydroxyl groups excluding tert-OH is 1. The van der Waals surface area contributed by atoms with Crippen LogP contribution >= 0.6 is 0 Å². The Kier molecular flexibility index (Phi) is 5.67. The summed E-state index contributed by atoms with van der Waals surface area (Å²) in [5, 5.41) is 9.98. The van der Waals surface area contributed by atoms with Crippen LogP contribution in [-0.4, -0.2) is 34.3 Å². The van der Waals surface area contributed by atoms with Gasteiger partial charge in [0.15, 0.2) is 6.10 Å². The highest BCUT2D eigenvalue weighted by Gasteiger charge is 2.32. The standard InChI is InChI=1S/C14H16N2O3/c1-3-19-14(18)12(16-15)13(17)10(2)9-11-7-5-4-6-8-11/h4-9,13,17H,3H2,1-2H3/b10-9+. The summed E-state index contributed by atoms with van der Waals surface area (Å²) in [5.74, 6) is -0.835. The molecule has 1 rings (SSSR count). The molecule has 100 valence electrons. The van der Waals surface area contributed by atoms with Crippen LogP contribution in [0, 0.1) is 0 Å². The van der Waals surface area contributed by atoms with Gasteiger partial charge >= 0.3 is 11.7 Å². The highest BCUT2D eigenvalue weighted by Crippen LogP contribution is 2.10. The molecule has 0 aromatic heterocycles. The first kappa shape index (κ1) is 14.8. The minimum atomic E-state index is -1.30. The van der Waals surface area contributed by atoms with Gasteiger partial charge in [0.2, 0.25) is 0 Å². The Hall–Kier alpha value is -2.23. The second kappa shape index (κ2) is 7.26. The first-order valence-electron chi connectivity index (χ1n) is 5.90. The molecule has 0 saturated carbocycles. The third kappa shape index (κ3) is 4.17. The van der Waals surface area contributed by atoms with Crippen molar-refractivity contribution in [2.75, 3.05) is 6.61 Å². The number of benzene rings is 1. The molecule has 0 saturated heterocycles. The van der Waals surface area contributed by atoms with Gasteiger partial charge in [0.05, 0.1) is 6.61 Å². The van der Waals surface area contributed by atoms with Crippen molar-refractivity contribution in [1.29, 1.82) is 0 Å². The summed E-state index contributed by atoms with van der Waals surface area (Å²) in [7, 11) is 0. The average Bonchev–Trinajstić information content (AvgIpc) is 2.40. The molecule has 0 aliphatic heterocycles. The summed E-state index contributed by atoms with van der Waals surface area (Å²) < 4.78 is 4.70. The fourth-order valence-electron chi connectivity index (χ4n) is 1.52. The summed E-state index contributed by atoms with van der Waals surface area (Å²) in [6.07, 6.45) is 0.402. The molecule has 5 nitrogen and oxygen atoms in total. The van der Waals surface area contributed by atoms with Gasteiger partial charge in [0.25, 0.3) is 0 Å². The van der Waals surface area contributed by atoms with E-state index in [4.69, 9.17) is 10.3 Å². The van der Waals surface area contributed by atoms with Crippen molar-refractivity contribution >= 4 is 17.8 Å². The second-order valence-corrected chi connectivity index (χ2v) is 3.91. The lowest BCUT2D eigenvalue weighted by molar-refractivity contribution is -0.141. The van der Waals surface area contributed by atoms with E-state index < -0.39 is 17.8 Å². The number of aliphatic hydroxyl groups is 1. The maximum atomic E-state index is 11.5. The number of rotatable bonds is 5. The number of nitrogens with zero attached hydrogens (tertiary/aromatic N) is 2. The van der Waals surface area contributed by atoms with E-state index in [-0.39, 0.29) is 6.61 Å². The molecule has 0 radical (unpaired) electrons. The lowest BCUT2D eigenvalue weighted by Crippen LogP contribution is -2.32. The summed E-state index contributed by atoms with van der Waals surface area (Å²) in [4.78, 5) is 14.3. The van der Waals surface area contributed by atoms with Gasteiger partial charge in [0, 0.05) is 0 Å². The van der Waals surface area contributed by atoms with Gasteiger partial charge in [-0.3, -0.25) is 0 Å². The Bertz CT molecular complexity index is 517. The second-order valence-electron chi connectivity index (χ2n) is 3.91. The Morgan fingerprint density at radius 3 is 2.63 bits per heavy atom. The van der Waals surface area contributed by atoms with E-state index in [0.29, 0.717) is 5.57 Å². The van der Waals surface area contributed by atoms with E-state index in [2.05, 4.69) is 4.79 Å². The largest absolute Gasteiger partial charge is 0.457 e. The number of hydrogen-bond donors (Lipinski definition) is 1. The molecule has 0 aliphatic carbocycles. The van der Waals surface area contributed by atoms with Gasteiger partial charge in [-0.15, -0.1) is 0 Å². The van der Waals surface area contributed by atoms with E-state index in [1.165, 1.54) is 0 Å². The molecular formula is C14H16N2O3. The fraction of sp³-hybridized carbons (Fsp3) is 0.286. The molecular weight excluding hydrogens is 244 g/mol. The van der Waals surface area contributed by atoms with Crippen LogP contribution in [0.4, 0.5) is 0 Å². The van der Waals surface area contributed by atoms with Gasteiger partial charge in [-0.25, -0.2) is 4.79 Å². The van der Waals surface area contributed by atoms with Crippen LogP contribution in [0.1, 0.15) is 19.4 Å². The van der Waals surface area contributed by atoms with Crippen molar-refractivity contribution in [3.63, 3.8) is 0 Å². The van der Waals surface area contributed by atoms with E-state index >= 15 is 0 Å². The topological polar surface area (TPSA) is 82.9 Å². The first-order valence-corrected chi connectivity index (χ1v) is 5.90. The number of carbonyl (C=O) groups excluding carboxylic acids is 1. The Morgan fingerprint density at radius 2 is 2.11 bits per heavy atom. The molecule has 19 heavy (non-hydrogen) atoms. The predicted octanol–water partition coefficient (Wildman–Crippen LogP) is 1.68. The smallest absolute Gasteiger partial charge is 0.420 e. The van der Waals surface area contributed by atoms with Gasteiger partial charge < -0.3 is 15.4 Å². The zero-order valence-corrected chi connectivity index (χ0v) is 10.9. The quantitative estimate of drug-likeness (QED) is 0.378. The normalized spacial score (nSPS) is 12.5. The summed E-state index contributed by atoms with van der Waals surface area (Å²) >= 11 is 0. The summed E-state index contributed by atoms with van der Waals surface area (Å²) in [5.41, 5.74) is 9.74. The summed E-state index contributed by atoms with van der Waals surface area (Å²) in [6, 6.07) is 9.31. The maximum Gasteiger partial charge on any atom is 0.420 e. The average molecular weight is 260 g/mol. The van der Waals surface area contributed by atoms with Crippen molar-refractivity contribution in [2.45, 2.75) is 20.0 Å². The van der Waals surface area contributed by atoms with Crippen LogP contribution < -0.4 is 0 Å². The third-order valence-corrected chi connectivity index (χ3v) is 2.48. The van der Waals surface area contributed by atoms with Crippen LogP contribution in [0.25, 0.3) is 11.6 Å². The van der Waals surface area contributed by atoms with Crippen molar-refractivity contribution < 1.29 is 19.4 Å². The minimum Gasteiger partial charge on any atom is -0.457 e. The zero-order valence-electron chi connectivity index (χ0n) is 10.9. The third-order valence-electron chi connectivity index (χ3n) is 2.48. The highest BCUT2D eigenvalue weighted by atomic mass is 16.5. The molecule has 1 aromatic rings. The SMILES string of the molecule is CCOC(=O)C(=[N+]=[N-])C(O)/C(C)=C/c1ccccc1. The monoisotopic (exact) mass is 260 g/mol. The zero-order chi connectivity index (χ0) is 14.3. The van der Waals surface area contributed by atoms with Gasteiger partial charge in [-0.05, 0) is 25.0 Å². The Morgan fingerprint density at radius 1 is 1.47 bits per heavy atom. The van der Waals surface area contributed by atoms with Crippen molar-refractivity contribution in [3.05, 3.63) is 47.0 Å². The highest BCUT2D eigenvalue weighted by molar-refractivity contribution is 6.36. The minimum absolute atomic E-state index is 0.145. The van der Waals surface area contributed by atoms with Crippen molar-refractivity contribution in [2.24, 2.45) is 0 Å². The molecule has 0 aliphatic rings. The van der Waals surface area contributed by atoms with Crippen molar-refractivity contribution in [3.8, 4) is 0 Å². The van der Waals surface area contributed by atoms with E-state index in [1.807, 2.05) is 30.3 Å². The molecule has 5 heteroatoms. The van der Waals surface area contributed by atoms with Gasteiger partial charge in [0.1, 0.15) is 0 Å². The van der Waals surface area contributed by atoms with E-state index in [1.54, 1.807) is 19.9 Å². The number of hydrogen-bond acceptors (Lipinski definition) is 3. The predicted molar refractivity (Wildman–Crippen MR) is 71.4 cm³/mol. The molecule has 0 heterocycles. The number of ether oxygens (including phenoxy) is 1. The molecule has 0 bridgehead atoms. The lowest BCUT2D eigenvalue weighted by Gasteiger charge is -2.06. The van der Waals surface area contributed by atoms with E-state index in [0.717, 1.165) is 5.56 Å². The molecule has 0 amide bonds. The molecule has 1 atom stereocenters. The molecule has 0 spiro atoms. The lowest BCUT2D eigenvalue weighted by atomic mass is 10.0. The molecule has 1 aromatic carbocycles.